The van der Waals surface area contributed by atoms with Gasteiger partial charge in [-0.1, -0.05) is 18.2 Å². The van der Waals surface area contributed by atoms with Gasteiger partial charge in [0.25, 0.3) is 0 Å². The van der Waals surface area contributed by atoms with E-state index < -0.39 is 0 Å². The molecule has 1 aromatic carbocycles. The molecular formula is C17H23N5O2. The Kier molecular flexibility index (Phi) is 5.22. The molecule has 1 aliphatic rings. The smallest absolute Gasteiger partial charge is 0.241 e. The van der Waals surface area contributed by atoms with Gasteiger partial charge in [0.2, 0.25) is 5.91 Å². The summed E-state index contributed by atoms with van der Waals surface area (Å²) < 4.78 is 7.04. The van der Waals surface area contributed by atoms with Crippen LogP contribution in [0.2, 0.25) is 0 Å². The molecule has 2 aromatic rings. The molecule has 0 N–H and O–H groups in total. The fourth-order valence-electron chi connectivity index (χ4n) is 2.99. The van der Waals surface area contributed by atoms with Gasteiger partial charge in [0.05, 0.1) is 19.7 Å². The van der Waals surface area contributed by atoms with E-state index in [2.05, 4.69) is 16.3 Å². The zero-order valence-electron chi connectivity index (χ0n) is 14.2. The maximum Gasteiger partial charge on any atom is 0.241 e. The van der Waals surface area contributed by atoms with Gasteiger partial charge in [-0.05, 0) is 25.1 Å². The molecule has 1 amide bonds. The predicted octanol–water partition coefficient (Wildman–Crippen LogP) is 0.946. The number of fused-ring (bicyclic) bond motifs is 1. The van der Waals surface area contributed by atoms with E-state index in [4.69, 9.17) is 4.74 Å². The van der Waals surface area contributed by atoms with Crippen LogP contribution in [-0.4, -0.2) is 59.4 Å². The minimum atomic E-state index is 0.116. The first-order valence-corrected chi connectivity index (χ1v) is 8.11. The Labute approximate surface area is 141 Å². The zero-order chi connectivity index (χ0) is 16.9. The normalized spacial score (nSPS) is 13.5. The number of para-hydroxylation sites is 1. The van der Waals surface area contributed by atoms with Crippen molar-refractivity contribution >= 4 is 11.6 Å². The number of anilines is 1. The summed E-state index contributed by atoms with van der Waals surface area (Å²) in [4.78, 5) is 16.5. The Balaban J connectivity index is 1.58. The summed E-state index contributed by atoms with van der Waals surface area (Å²) in [5.41, 5.74) is 2.28. The lowest BCUT2D eigenvalue weighted by Gasteiger charge is -2.22. The highest BCUT2D eigenvalue weighted by Crippen LogP contribution is 2.27. The second-order valence-electron chi connectivity index (χ2n) is 6.03. The van der Waals surface area contributed by atoms with E-state index in [0.29, 0.717) is 26.2 Å². The SMILES string of the molecule is COCCn1cnnc1CN(C)CC(=O)N1CCc2ccccc21. The number of hydrogen-bond donors (Lipinski definition) is 0. The third kappa shape index (κ3) is 3.63. The summed E-state index contributed by atoms with van der Waals surface area (Å²) in [6.07, 6.45) is 2.62. The van der Waals surface area contributed by atoms with E-state index >= 15 is 0 Å². The number of carbonyl (C=O) groups is 1. The first-order valence-electron chi connectivity index (χ1n) is 8.11. The molecule has 1 aliphatic heterocycles. The molecule has 2 heterocycles. The van der Waals surface area contributed by atoms with Gasteiger partial charge >= 0.3 is 0 Å². The third-order valence-corrected chi connectivity index (χ3v) is 4.24. The average molecular weight is 329 g/mol. The van der Waals surface area contributed by atoms with Crippen LogP contribution in [0.5, 0.6) is 0 Å². The van der Waals surface area contributed by atoms with Crippen LogP contribution in [0.15, 0.2) is 30.6 Å². The molecule has 7 heteroatoms. The summed E-state index contributed by atoms with van der Waals surface area (Å²) >= 11 is 0. The number of nitrogens with zero attached hydrogens (tertiary/aromatic N) is 5. The molecule has 24 heavy (non-hydrogen) atoms. The number of hydrogen-bond acceptors (Lipinski definition) is 5. The fourth-order valence-corrected chi connectivity index (χ4v) is 2.99. The minimum Gasteiger partial charge on any atom is -0.383 e. The van der Waals surface area contributed by atoms with Crippen LogP contribution >= 0.6 is 0 Å². The summed E-state index contributed by atoms with van der Waals surface area (Å²) in [6.45, 7) is 3.00. The Morgan fingerprint density at radius 1 is 1.38 bits per heavy atom. The Bertz CT molecular complexity index is 700. The number of methoxy groups -OCH3 is 1. The van der Waals surface area contributed by atoms with E-state index in [1.807, 2.05) is 39.6 Å². The van der Waals surface area contributed by atoms with Gasteiger partial charge in [0.1, 0.15) is 12.2 Å². The molecular weight excluding hydrogens is 306 g/mol. The van der Waals surface area contributed by atoms with Crippen LogP contribution in [0.4, 0.5) is 5.69 Å². The van der Waals surface area contributed by atoms with Gasteiger partial charge in [0.15, 0.2) is 0 Å². The summed E-state index contributed by atoms with van der Waals surface area (Å²) in [6, 6.07) is 8.10. The molecule has 0 unspecified atom stereocenters. The minimum absolute atomic E-state index is 0.116. The highest BCUT2D eigenvalue weighted by atomic mass is 16.5. The lowest BCUT2D eigenvalue weighted by Crippen LogP contribution is -2.38. The van der Waals surface area contributed by atoms with Gasteiger partial charge in [0, 0.05) is 25.9 Å². The molecule has 0 spiro atoms. The standard InChI is InChI=1S/C17H23N5O2/c1-20(11-16-19-18-13-21(16)9-10-24-2)12-17(23)22-8-7-14-5-3-4-6-15(14)22/h3-6,13H,7-12H2,1-2H3. The van der Waals surface area contributed by atoms with Crippen molar-refractivity contribution in [1.82, 2.24) is 19.7 Å². The van der Waals surface area contributed by atoms with Crippen LogP contribution in [0, 0.1) is 0 Å². The molecule has 0 atom stereocenters. The van der Waals surface area contributed by atoms with Crippen molar-refractivity contribution < 1.29 is 9.53 Å². The second kappa shape index (κ2) is 7.55. The van der Waals surface area contributed by atoms with Crippen LogP contribution in [0.3, 0.4) is 0 Å². The van der Waals surface area contributed by atoms with E-state index in [1.54, 1.807) is 13.4 Å². The molecule has 0 fully saturated rings. The average Bonchev–Trinajstić information content (AvgIpc) is 3.19. The monoisotopic (exact) mass is 329 g/mol. The van der Waals surface area contributed by atoms with E-state index in [0.717, 1.165) is 24.5 Å². The van der Waals surface area contributed by atoms with Gasteiger partial charge in [-0.3, -0.25) is 9.69 Å². The van der Waals surface area contributed by atoms with Gasteiger partial charge < -0.3 is 14.2 Å². The first kappa shape index (κ1) is 16.6. The van der Waals surface area contributed by atoms with Crippen LogP contribution in [0.25, 0.3) is 0 Å². The van der Waals surface area contributed by atoms with Gasteiger partial charge in [-0.15, -0.1) is 10.2 Å². The molecule has 128 valence electrons. The molecule has 0 aliphatic carbocycles. The number of benzene rings is 1. The quantitative estimate of drug-likeness (QED) is 0.757. The number of rotatable bonds is 7. The molecule has 3 rings (SSSR count). The number of likely N-dealkylation sites (N-methyl/N-ethyl adjacent to an activating group) is 1. The Morgan fingerprint density at radius 2 is 2.21 bits per heavy atom. The number of amides is 1. The van der Waals surface area contributed by atoms with Crippen LogP contribution in [-0.2, 0) is 29.0 Å². The first-order chi connectivity index (χ1) is 11.7. The summed E-state index contributed by atoms with van der Waals surface area (Å²) in [5.74, 6) is 0.953. The van der Waals surface area contributed by atoms with Crippen molar-refractivity contribution in [3.05, 3.63) is 42.0 Å². The largest absolute Gasteiger partial charge is 0.383 e. The molecule has 1 aromatic heterocycles. The van der Waals surface area contributed by atoms with E-state index in [9.17, 15) is 4.79 Å². The lowest BCUT2D eigenvalue weighted by atomic mass is 10.2. The number of carbonyl (C=O) groups excluding carboxylic acids is 1. The zero-order valence-corrected chi connectivity index (χ0v) is 14.2. The lowest BCUT2D eigenvalue weighted by molar-refractivity contribution is -0.119. The van der Waals surface area contributed by atoms with Gasteiger partial charge in [-0.2, -0.15) is 0 Å². The Morgan fingerprint density at radius 3 is 3.04 bits per heavy atom. The highest BCUT2D eigenvalue weighted by molar-refractivity contribution is 5.96. The topological polar surface area (TPSA) is 63.5 Å². The highest BCUT2D eigenvalue weighted by Gasteiger charge is 2.25. The predicted molar refractivity (Wildman–Crippen MR) is 90.7 cm³/mol. The van der Waals surface area contributed by atoms with Crippen LogP contribution < -0.4 is 4.90 Å². The number of ether oxygens (including phenoxy) is 1. The van der Waals surface area contributed by atoms with Crippen molar-refractivity contribution in [2.24, 2.45) is 0 Å². The summed E-state index contributed by atoms with van der Waals surface area (Å²) in [7, 11) is 3.60. The van der Waals surface area contributed by atoms with Crippen molar-refractivity contribution in [3.8, 4) is 0 Å². The van der Waals surface area contributed by atoms with Crippen molar-refractivity contribution in [3.63, 3.8) is 0 Å². The van der Waals surface area contributed by atoms with Gasteiger partial charge in [-0.25, -0.2) is 0 Å². The van der Waals surface area contributed by atoms with E-state index in [1.165, 1.54) is 5.56 Å². The van der Waals surface area contributed by atoms with Crippen molar-refractivity contribution in [2.45, 2.75) is 19.5 Å². The molecule has 7 nitrogen and oxygen atoms in total. The maximum atomic E-state index is 12.6. The second-order valence-corrected chi connectivity index (χ2v) is 6.03. The Hall–Kier alpha value is -2.25. The fraction of sp³-hybridized carbons (Fsp3) is 0.471. The molecule has 0 saturated heterocycles. The van der Waals surface area contributed by atoms with E-state index in [-0.39, 0.29) is 5.91 Å². The third-order valence-electron chi connectivity index (χ3n) is 4.24. The number of aromatic nitrogens is 3. The van der Waals surface area contributed by atoms with Crippen molar-refractivity contribution in [1.29, 1.82) is 0 Å². The van der Waals surface area contributed by atoms with Crippen LogP contribution in [0.1, 0.15) is 11.4 Å². The molecule has 0 saturated carbocycles. The molecule has 0 bridgehead atoms. The molecule has 0 radical (unpaired) electrons. The summed E-state index contributed by atoms with van der Waals surface area (Å²) in [5, 5.41) is 8.09. The maximum absolute atomic E-state index is 12.6. The van der Waals surface area contributed by atoms with Crippen molar-refractivity contribution in [2.75, 3.05) is 38.8 Å².